The quantitative estimate of drug-likeness (QED) is 0.276. The zero-order chi connectivity index (χ0) is 24.1. The average molecular weight is 509 g/mol. The second-order valence-electron chi connectivity index (χ2n) is 7.60. The van der Waals surface area contributed by atoms with Gasteiger partial charge in [-0.25, -0.2) is 13.2 Å². The van der Waals surface area contributed by atoms with Crippen molar-refractivity contribution in [3.05, 3.63) is 95.4 Å². The highest BCUT2D eigenvalue weighted by Crippen LogP contribution is 2.37. The van der Waals surface area contributed by atoms with E-state index in [9.17, 15) is 13.2 Å². The molecular formula is C26H24N2O3S3. The molecule has 2 N–H and O–H groups in total. The smallest absolute Gasteiger partial charge is 0.319 e. The number of thioether (sulfide) groups is 1. The molecule has 4 aromatic rings. The Morgan fingerprint density at radius 2 is 1.74 bits per heavy atom. The molecule has 0 unspecified atom stereocenters. The molecule has 0 bridgehead atoms. The molecule has 0 saturated heterocycles. The average Bonchev–Trinajstić information content (AvgIpc) is 3.34. The van der Waals surface area contributed by atoms with Crippen LogP contribution in [0.25, 0.3) is 11.1 Å². The monoisotopic (exact) mass is 508 g/mol. The molecule has 0 radical (unpaired) electrons. The molecule has 34 heavy (non-hydrogen) atoms. The van der Waals surface area contributed by atoms with E-state index in [1.165, 1.54) is 23.1 Å². The first-order valence-electron chi connectivity index (χ1n) is 10.6. The van der Waals surface area contributed by atoms with Gasteiger partial charge in [-0.2, -0.15) is 0 Å². The number of carbonyl (C=O) groups is 1. The molecule has 0 atom stereocenters. The van der Waals surface area contributed by atoms with Crippen LogP contribution in [0.4, 0.5) is 10.5 Å². The number of benzene rings is 3. The van der Waals surface area contributed by atoms with E-state index in [1.807, 2.05) is 67.8 Å². The van der Waals surface area contributed by atoms with E-state index in [4.69, 9.17) is 0 Å². The van der Waals surface area contributed by atoms with Crippen molar-refractivity contribution in [1.82, 2.24) is 5.32 Å². The Balaban J connectivity index is 1.63. The van der Waals surface area contributed by atoms with Crippen LogP contribution in [0.3, 0.4) is 0 Å². The number of sulfone groups is 1. The fourth-order valence-corrected chi connectivity index (χ4v) is 7.41. The van der Waals surface area contributed by atoms with Crippen LogP contribution in [0, 0.1) is 6.92 Å². The van der Waals surface area contributed by atoms with Gasteiger partial charge in [0.15, 0.2) is 0 Å². The first-order chi connectivity index (χ1) is 16.4. The van der Waals surface area contributed by atoms with Gasteiger partial charge in [-0.1, -0.05) is 54.6 Å². The van der Waals surface area contributed by atoms with E-state index in [1.54, 1.807) is 29.6 Å². The van der Waals surface area contributed by atoms with Crippen molar-refractivity contribution in [2.24, 2.45) is 0 Å². The van der Waals surface area contributed by atoms with Crippen LogP contribution >= 0.6 is 23.1 Å². The summed E-state index contributed by atoms with van der Waals surface area (Å²) in [5, 5.41) is 7.58. The number of hydrogen-bond donors (Lipinski definition) is 2. The van der Waals surface area contributed by atoms with Gasteiger partial charge in [-0.3, -0.25) is 0 Å². The Bertz CT molecular complexity index is 1410. The highest BCUT2D eigenvalue weighted by atomic mass is 32.2. The molecule has 1 aromatic heterocycles. The van der Waals surface area contributed by atoms with Crippen molar-refractivity contribution in [3.63, 3.8) is 0 Å². The van der Waals surface area contributed by atoms with Gasteiger partial charge in [0.1, 0.15) is 0 Å². The van der Waals surface area contributed by atoms with Gasteiger partial charge in [-0.05, 0) is 59.5 Å². The third-order valence-corrected chi connectivity index (χ3v) is 9.46. The molecule has 0 saturated carbocycles. The Hall–Kier alpha value is -3.07. The normalized spacial score (nSPS) is 11.2. The van der Waals surface area contributed by atoms with E-state index >= 15 is 0 Å². The first-order valence-corrected chi connectivity index (χ1v) is 14.1. The maximum absolute atomic E-state index is 13.3. The number of aryl methyl sites for hydroxylation is 1. The third kappa shape index (κ3) is 5.19. The summed E-state index contributed by atoms with van der Waals surface area (Å²) in [6, 6.07) is 23.5. The number of hydrogen-bond acceptors (Lipinski definition) is 5. The molecule has 0 spiro atoms. The molecule has 5 nitrogen and oxygen atoms in total. The molecule has 0 fully saturated rings. The summed E-state index contributed by atoms with van der Waals surface area (Å²) in [4.78, 5) is 13.2. The summed E-state index contributed by atoms with van der Waals surface area (Å²) < 4.78 is 27.4. The lowest BCUT2D eigenvalue weighted by molar-refractivity contribution is 0.251. The SMILES string of the molecule is CSc1sccc1S(=O)(=O)c1cccc(-c2c(C)cccc2NC(=O)NCc2ccccc2)c1. The molecule has 0 aliphatic heterocycles. The zero-order valence-electron chi connectivity index (χ0n) is 18.7. The number of urea groups is 1. The van der Waals surface area contributed by atoms with Crippen molar-refractivity contribution < 1.29 is 13.2 Å². The van der Waals surface area contributed by atoms with E-state index in [0.29, 0.717) is 17.1 Å². The van der Waals surface area contributed by atoms with Gasteiger partial charge < -0.3 is 10.6 Å². The zero-order valence-corrected chi connectivity index (χ0v) is 21.2. The van der Waals surface area contributed by atoms with Crippen molar-refractivity contribution in [1.29, 1.82) is 0 Å². The van der Waals surface area contributed by atoms with E-state index in [-0.39, 0.29) is 10.9 Å². The highest BCUT2D eigenvalue weighted by Gasteiger charge is 2.23. The standard InChI is InChI=1S/C26H24N2O3S3/c1-18-8-6-13-22(28-26(29)27-17-19-9-4-3-5-10-19)24(18)20-11-7-12-21(16-20)34(30,31)23-14-15-33-25(23)32-2/h3-16H,17H2,1-2H3,(H2,27,28,29). The van der Waals surface area contributed by atoms with E-state index in [2.05, 4.69) is 10.6 Å². The van der Waals surface area contributed by atoms with Crippen molar-refractivity contribution in [3.8, 4) is 11.1 Å². The van der Waals surface area contributed by atoms with Crippen LogP contribution in [0.2, 0.25) is 0 Å². The summed E-state index contributed by atoms with van der Waals surface area (Å²) in [6.07, 6.45) is 1.87. The number of nitrogens with one attached hydrogen (secondary N) is 2. The molecular weight excluding hydrogens is 484 g/mol. The van der Waals surface area contributed by atoms with E-state index < -0.39 is 9.84 Å². The molecule has 174 valence electrons. The van der Waals surface area contributed by atoms with Crippen LogP contribution in [0.1, 0.15) is 11.1 Å². The topological polar surface area (TPSA) is 75.3 Å². The van der Waals surface area contributed by atoms with Gasteiger partial charge in [0.25, 0.3) is 0 Å². The van der Waals surface area contributed by atoms with E-state index in [0.717, 1.165) is 26.5 Å². The van der Waals surface area contributed by atoms with Crippen molar-refractivity contribution >= 4 is 44.7 Å². The van der Waals surface area contributed by atoms with Crippen LogP contribution in [0.15, 0.2) is 98.2 Å². The van der Waals surface area contributed by atoms with Gasteiger partial charge in [0.05, 0.1) is 19.7 Å². The molecule has 2 amide bonds. The predicted octanol–water partition coefficient (Wildman–Crippen LogP) is 6.60. The summed E-state index contributed by atoms with van der Waals surface area (Å²) in [7, 11) is -3.67. The number of anilines is 1. The van der Waals surface area contributed by atoms with Gasteiger partial charge in [0, 0.05) is 12.1 Å². The Kier molecular flexibility index (Phi) is 7.41. The lowest BCUT2D eigenvalue weighted by Gasteiger charge is -2.16. The Morgan fingerprint density at radius 3 is 2.50 bits per heavy atom. The fraction of sp³-hybridized carbons (Fsp3) is 0.115. The molecule has 3 aromatic carbocycles. The maximum atomic E-state index is 13.3. The van der Waals surface area contributed by atoms with Crippen LogP contribution in [0.5, 0.6) is 0 Å². The number of amides is 2. The van der Waals surface area contributed by atoms with Gasteiger partial charge >= 0.3 is 6.03 Å². The first kappa shape index (κ1) is 24.1. The predicted molar refractivity (Wildman–Crippen MR) is 140 cm³/mol. The minimum absolute atomic E-state index is 0.224. The Morgan fingerprint density at radius 1 is 0.971 bits per heavy atom. The minimum Gasteiger partial charge on any atom is -0.334 e. The summed E-state index contributed by atoms with van der Waals surface area (Å²) in [6.45, 7) is 2.34. The second-order valence-corrected chi connectivity index (χ2v) is 11.5. The summed E-state index contributed by atoms with van der Waals surface area (Å²) in [5.41, 5.74) is 4.04. The fourth-order valence-electron chi connectivity index (χ4n) is 3.68. The number of thiophene rings is 1. The largest absolute Gasteiger partial charge is 0.334 e. The molecule has 8 heteroatoms. The maximum Gasteiger partial charge on any atom is 0.319 e. The summed E-state index contributed by atoms with van der Waals surface area (Å²) in [5.74, 6) is 0. The molecule has 4 rings (SSSR count). The lowest BCUT2D eigenvalue weighted by Crippen LogP contribution is -2.28. The van der Waals surface area contributed by atoms with Crippen LogP contribution < -0.4 is 10.6 Å². The van der Waals surface area contributed by atoms with Crippen LogP contribution in [-0.4, -0.2) is 20.7 Å². The van der Waals surface area contributed by atoms with Crippen LogP contribution in [-0.2, 0) is 16.4 Å². The molecule has 0 aliphatic carbocycles. The Labute approximate surface area is 208 Å². The molecule has 1 heterocycles. The molecule has 0 aliphatic rings. The van der Waals surface area contributed by atoms with Crippen molar-refractivity contribution in [2.45, 2.75) is 27.5 Å². The number of carbonyl (C=O) groups excluding carboxylic acids is 1. The van der Waals surface area contributed by atoms with Gasteiger partial charge in [0.2, 0.25) is 9.84 Å². The lowest BCUT2D eigenvalue weighted by atomic mass is 9.98. The highest BCUT2D eigenvalue weighted by molar-refractivity contribution is 8.01. The number of rotatable bonds is 7. The minimum atomic E-state index is -3.67. The van der Waals surface area contributed by atoms with Gasteiger partial charge in [-0.15, -0.1) is 23.1 Å². The van der Waals surface area contributed by atoms with Crippen molar-refractivity contribution in [2.75, 3.05) is 11.6 Å². The summed E-state index contributed by atoms with van der Waals surface area (Å²) >= 11 is 2.84. The third-order valence-electron chi connectivity index (χ3n) is 5.32. The second kappa shape index (κ2) is 10.5.